The van der Waals surface area contributed by atoms with Gasteiger partial charge in [0.05, 0.1) is 29.9 Å². The number of halogens is 3. The fourth-order valence-electron chi connectivity index (χ4n) is 1.96. The lowest BCUT2D eigenvalue weighted by molar-refractivity contribution is 0.0990. The molecule has 3 nitrogen and oxygen atoms in total. The van der Waals surface area contributed by atoms with Crippen LogP contribution in [0.15, 0.2) is 18.1 Å². The minimum absolute atomic E-state index is 0.0942. The number of hydrogen-bond acceptors (Lipinski definition) is 3. The van der Waals surface area contributed by atoms with Crippen LogP contribution in [-0.2, 0) is 19.4 Å². The van der Waals surface area contributed by atoms with E-state index in [4.69, 9.17) is 0 Å². The van der Waals surface area contributed by atoms with Gasteiger partial charge < -0.3 is 0 Å². The Labute approximate surface area is 147 Å². The molecule has 0 aliphatic heterocycles. The summed E-state index contributed by atoms with van der Waals surface area (Å²) >= 11 is 11.9. The minimum atomic E-state index is 0.0942. The molecule has 0 fully saturated rings. The highest BCUT2D eigenvalue weighted by atomic mass is 79.9. The summed E-state index contributed by atoms with van der Waals surface area (Å²) in [5.74, 6) is 0.0942. The van der Waals surface area contributed by atoms with Gasteiger partial charge in [0.2, 0.25) is 0 Å². The SMILES string of the molecule is CCc1nn(CC)c(CC(=O)c2cc(Br)sc2Br)c1Br. The Morgan fingerprint density at radius 1 is 1.35 bits per heavy atom. The molecular formula is C13H13Br3N2OS. The highest BCUT2D eigenvalue weighted by molar-refractivity contribution is 9.12. The van der Waals surface area contributed by atoms with Gasteiger partial charge in [-0.15, -0.1) is 11.3 Å². The summed E-state index contributed by atoms with van der Waals surface area (Å²) in [4.78, 5) is 12.5. The van der Waals surface area contributed by atoms with Crippen LogP contribution < -0.4 is 0 Å². The minimum Gasteiger partial charge on any atom is -0.294 e. The van der Waals surface area contributed by atoms with E-state index in [1.54, 1.807) is 0 Å². The number of Topliss-reactive ketones (excluding diaryl/α,β-unsaturated/α-hetero) is 1. The normalized spacial score (nSPS) is 11.1. The van der Waals surface area contributed by atoms with Crippen molar-refractivity contribution in [2.75, 3.05) is 0 Å². The third-order valence-corrected chi connectivity index (χ3v) is 6.23. The van der Waals surface area contributed by atoms with Crippen molar-refractivity contribution in [2.45, 2.75) is 33.2 Å². The van der Waals surface area contributed by atoms with Crippen LogP contribution in [0.5, 0.6) is 0 Å². The number of thiophene rings is 1. The summed E-state index contributed by atoms with van der Waals surface area (Å²) in [5.41, 5.74) is 2.67. The second-order valence-corrected chi connectivity index (χ2v) is 8.76. The van der Waals surface area contributed by atoms with Crippen LogP contribution in [0.3, 0.4) is 0 Å². The predicted octanol–water partition coefficient (Wildman–Crippen LogP) is 5.24. The zero-order valence-corrected chi connectivity index (χ0v) is 16.6. The van der Waals surface area contributed by atoms with Gasteiger partial charge in [-0.3, -0.25) is 9.48 Å². The van der Waals surface area contributed by atoms with Gasteiger partial charge in [0.25, 0.3) is 0 Å². The smallest absolute Gasteiger partial charge is 0.170 e. The predicted molar refractivity (Wildman–Crippen MR) is 92.7 cm³/mol. The number of aryl methyl sites for hydroxylation is 2. The molecule has 108 valence electrons. The molecule has 0 amide bonds. The molecule has 2 aromatic rings. The molecule has 0 aliphatic rings. The van der Waals surface area contributed by atoms with E-state index in [9.17, 15) is 4.79 Å². The number of carbonyl (C=O) groups is 1. The topological polar surface area (TPSA) is 34.9 Å². The monoisotopic (exact) mass is 482 g/mol. The Morgan fingerprint density at radius 3 is 2.55 bits per heavy atom. The van der Waals surface area contributed by atoms with E-state index >= 15 is 0 Å². The first-order chi connectivity index (χ1) is 9.47. The Kier molecular flexibility index (Phi) is 5.62. The number of nitrogens with zero attached hydrogens (tertiary/aromatic N) is 2. The molecule has 2 aromatic heterocycles. The number of ketones is 1. The lowest BCUT2D eigenvalue weighted by atomic mass is 10.1. The van der Waals surface area contributed by atoms with Crippen molar-refractivity contribution < 1.29 is 4.79 Å². The van der Waals surface area contributed by atoms with Gasteiger partial charge in [-0.05, 0) is 67.2 Å². The maximum atomic E-state index is 12.5. The zero-order valence-electron chi connectivity index (χ0n) is 11.0. The number of carbonyl (C=O) groups excluding carboxylic acids is 1. The number of rotatable bonds is 5. The Hall–Kier alpha value is 0.0200. The molecule has 0 aromatic carbocycles. The quantitative estimate of drug-likeness (QED) is 0.544. The molecule has 0 saturated carbocycles. The van der Waals surface area contributed by atoms with Gasteiger partial charge in [-0.2, -0.15) is 5.10 Å². The molecule has 7 heteroatoms. The van der Waals surface area contributed by atoms with Crippen molar-refractivity contribution in [1.82, 2.24) is 9.78 Å². The molecule has 0 unspecified atom stereocenters. The van der Waals surface area contributed by atoms with Gasteiger partial charge in [-0.1, -0.05) is 6.92 Å². The fraction of sp³-hybridized carbons (Fsp3) is 0.385. The van der Waals surface area contributed by atoms with Gasteiger partial charge >= 0.3 is 0 Å². The maximum absolute atomic E-state index is 12.5. The van der Waals surface area contributed by atoms with Gasteiger partial charge in [0.15, 0.2) is 5.78 Å². The van der Waals surface area contributed by atoms with Crippen LogP contribution in [0, 0.1) is 0 Å². The molecule has 20 heavy (non-hydrogen) atoms. The highest BCUT2D eigenvalue weighted by Gasteiger charge is 2.20. The van der Waals surface area contributed by atoms with Crippen molar-refractivity contribution >= 4 is 64.9 Å². The van der Waals surface area contributed by atoms with Crippen molar-refractivity contribution in [2.24, 2.45) is 0 Å². The lowest BCUT2D eigenvalue weighted by Crippen LogP contribution is -2.10. The highest BCUT2D eigenvalue weighted by Crippen LogP contribution is 2.33. The van der Waals surface area contributed by atoms with E-state index in [1.165, 1.54) is 11.3 Å². The lowest BCUT2D eigenvalue weighted by Gasteiger charge is -2.04. The first kappa shape index (κ1) is 16.4. The molecule has 0 radical (unpaired) electrons. The van der Waals surface area contributed by atoms with Crippen LogP contribution in [0.1, 0.15) is 35.6 Å². The van der Waals surface area contributed by atoms with Gasteiger partial charge in [-0.25, -0.2) is 0 Å². The first-order valence-corrected chi connectivity index (χ1v) is 9.39. The van der Waals surface area contributed by atoms with E-state index < -0.39 is 0 Å². The third kappa shape index (κ3) is 3.26. The molecule has 0 bridgehead atoms. The summed E-state index contributed by atoms with van der Waals surface area (Å²) in [7, 11) is 0. The zero-order chi connectivity index (χ0) is 14.9. The summed E-state index contributed by atoms with van der Waals surface area (Å²) in [6.07, 6.45) is 1.20. The van der Waals surface area contributed by atoms with E-state index in [2.05, 4.69) is 59.8 Å². The Morgan fingerprint density at radius 2 is 2.05 bits per heavy atom. The molecule has 0 aliphatic carbocycles. The van der Waals surface area contributed by atoms with Crippen molar-refractivity contribution in [3.8, 4) is 0 Å². The van der Waals surface area contributed by atoms with Crippen LogP contribution in [-0.4, -0.2) is 15.6 Å². The van der Waals surface area contributed by atoms with Crippen molar-refractivity contribution in [3.63, 3.8) is 0 Å². The second-order valence-electron chi connectivity index (χ2n) is 4.21. The molecule has 0 spiro atoms. The van der Waals surface area contributed by atoms with E-state index in [1.807, 2.05) is 17.7 Å². The molecule has 0 saturated heterocycles. The van der Waals surface area contributed by atoms with Crippen LogP contribution in [0.2, 0.25) is 0 Å². The van der Waals surface area contributed by atoms with Crippen LogP contribution >= 0.6 is 59.1 Å². The van der Waals surface area contributed by atoms with Gasteiger partial charge in [0, 0.05) is 12.1 Å². The molecule has 0 N–H and O–H groups in total. The standard InChI is InChI=1S/C13H13Br3N2OS/c1-3-8-12(15)9(18(4-2)17-8)6-10(19)7-5-11(14)20-13(7)16/h5H,3-4,6H2,1-2H3. The Balaban J connectivity index is 2.32. The van der Waals surface area contributed by atoms with Gasteiger partial charge in [0.1, 0.15) is 0 Å². The maximum Gasteiger partial charge on any atom is 0.170 e. The van der Waals surface area contributed by atoms with Crippen molar-refractivity contribution in [1.29, 1.82) is 0 Å². The molecule has 2 heterocycles. The van der Waals surface area contributed by atoms with Crippen LogP contribution in [0.25, 0.3) is 0 Å². The van der Waals surface area contributed by atoms with Crippen LogP contribution in [0.4, 0.5) is 0 Å². The summed E-state index contributed by atoms with van der Waals surface area (Å²) < 4.78 is 4.67. The number of aromatic nitrogens is 2. The van der Waals surface area contributed by atoms with E-state index in [0.717, 1.165) is 42.0 Å². The third-order valence-electron chi connectivity index (χ3n) is 2.98. The summed E-state index contributed by atoms with van der Waals surface area (Å²) in [6, 6.07) is 1.86. The Bertz CT molecular complexity index is 648. The first-order valence-electron chi connectivity index (χ1n) is 6.19. The fourth-order valence-corrected chi connectivity index (χ4v) is 5.52. The van der Waals surface area contributed by atoms with Crippen molar-refractivity contribution in [3.05, 3.63) is 35.1 Å². The molecule has 0 atom stereocenters. The molecule has 2 rings (SSSR count). The largest absolute Gasteiger partial charge is 0.294 e. The average Bonchev–Trinajstić information content (AvgIpc) is 2.90. The summed E-state index contributed by atoms with van der Waals surface area (Å²) in [6.45, 7) is 4.85. The van der Waals surface area contributed by atoms with E-state index in [0.29, 0.717) is 6.42 Å². The second kappa shape index (κ2) is 6.85. The number of hydrogen-bond donors (Lipinski definition) is 0. The summed E-state index contributed by atoms with van der Waals surface area (Å²) in [5, 5.41) is 4.52. The molecular weight excluding hydrogens is 472 g/mol. The average molecular weight is 485 g/mol. The van der Waals surface area contributed by atoms with E-state index in [-0.39, 0.29) is 5.78 Å².